The van der Waals surface area contributed by atoms with Crippen molar-refractivity contribution in [3.63, 3.8) is 0 Å². The van der Waals surface area contributed by atoms with Crippen LogP contribution < -0.4 is 0 Å². The van der Waals surface area contributed by atoms with E-state index < -0.39 is 0 Å². The van der Waals surface area contributed by atoms with E-state index in [1.165, 1.54) is 5.56 Å². The zero-order chi connectivity index (χ0) is 10.5. The fraction of sp³-hybridized carbons (Fsp3) is 0.154. The Labute approximate surface area is 89.6 Å². The number of hydrogen-bond donors (Lipinski definition) is 0. The molecule has 0 aliphatic carbocycles. The summed E-state index contributed by atoms with van der Waals surface area (Å²) in [6.45, 7) is 0. The molecular weight excluding hydrogens is 184 g/mol. The first-order chi connectivity index (χ1) is 7.40. The number of rotatable bonds is 3. The van der Waals surface area contributed by atoms with Crippen LogP contribution in [0.5, 0.6) is 0 Å². The summed E-state index contributed by atoms with van der Waals surface area (Å²) in [6.07, 6.45) is 10.6. The first kappa shape index (κ1) is 9.54. The van der Waals surface area contributed by atoms with Crippen molar-refractivity contribution in [1.29, 1.82) is 0 Å². The number of aromatic nitrogens is 2. The first-order valence-electron chi connectivity index (χ1n) is 4.92. The van der Waals surface area contributed by atoms with Crippen LogP contribution in [-0.2, 0) is 6.42 Å². The van der Waals surface area contributed by atoms with Crippen LogP contribution in [0.1, 0.15) is 12.0 Å². The topological polar surface area (TPSA) is 17.8 Å². The summed E-state index contributed by atoms with van der Waals surface area (Å²) in [5.74, 6) is 2.64. The molecule has 2 nitrogen and oxygen atoms in total. The van der Waals surface area contributed by atoms with Gasteiger partial charge in [-0.3, -0.25) is 0 Å². The van der Waals surface area contributed by atoms with Gasteiger partial charge < -0.3 is 0 Å². The third kappa shape index (κ3) is 2.26. The van der Waals surface area contributed by atoms with E-state index in [2.05, 4.69) is 35.3 Å². The van der Waals surface area contributed by atoms with E-state index in [9.17, 15) is 0 Å². The Kier molecular flexibility index (Phi) is 2.85. The minimum absolute atomic E-state index is 0.793. The maximum absolute atomic E-state index is 5.22. The molecule has 0 aliphatic rings. The van der Waals surface area contributed by atoms with E-state index in [1.54, 1.807) is 6.20 Å². The van der Waals surface area contributed by atoms with Gasteiger partial charge in [-0.1, -0.05) is 12.1 Å². The van der Waals surface area contributed by atoms with Crippen molar-refractivity contribution in [2.45, 2.75) is 12.8 Å². The molecule has 0 unspecified atom stereocenters. The molecule has 0 atom stereocenters. The van der Waals surface area contributed by atoms with Gasteiger partial charge in [-0.05, 0) is 30.2 Å². The molecule has 0 fully saturated rings. The Hall–Kier alpha value is -2.01. The first-order valence-corrected chi connectivity index (χ1v) is 4.92. The highest BCUT2D eigenvalue weighted by Crippen LogP contribution is 2.09. The van der Waals surface area contributed by atoms with Crippen molar-refractivity contribution < 1.29 is 0 Å². The molecule has 0 bridgehead atoms. The van der Waals surface area contributed by atoms with Gasteiger partial charge >= 0.3 is 0 Å². The van der Waals surface area contributed by atoms with Crippen molar-refractivity contribution in [1.82, 2.24) is 9.78 Å². The molecule has 74 valence electrons. The van der Waals surface area contributed by atoms with Crippen LogP contribution >= 0.6 is 0 Å². The van der Waals surface area contributed by atoms with E-state index in [1.807, 2.05) is 16.9 Å². The minimum Gasteiger partial charge on any atom is -0.241 e. The zero-order valence-electron chi connectivity index (χ0n) is 8.43. The quantitative estimate of drug-likeness (QED) is 0.689. The lowest BCUT2D eigenvalue weighted by Crippen LogP contribution is -1.94. The molecule has 2 rings (SSSR count). The fourth-order valence-electron chi connectivity index (χ4n) is 1.45. The summed E-state index contributed by atoms with van der Waals surface area (Å²) in [5.41, 5.74) is 2.34. The zero-order valence-corrected chi connectivity index (χ0v) is 8.43. The van der Waals surface area contributed by atoms with Gasteiger partial charge in [0.2, 0.25) is 0 Å². The second kappa shape index (κ2) is 4.47. The minimum atomic E-state index is 0.793. The predicted octanol–water partition coefficient (Wildman–Crippen LogP) is 2.44. The molecule has 0 saturated carbocycles. The Morgan fingerprint density at radius 2 is 2.07 bits per heavy atom. The monoisotopic (exact) mass is 196 g/mol. The number of aryl methyl sites for hydroxylation is 1. The molecule has 0 spiro atoms. The number of terminal acetylenes is 1. The van der Waals surface area contributed by atoms with Crippen LogP contribution in [0.2, 0.25) is 0 Å². The van der Waals surface area contributed by atoms with E-state index in [4.69, 9.17) is 6.42 Å². The highest BCUT2D eigenvalue weighted by Gasteiger charge is 1.96. The number of benzene rings is 1. The molecule has 0 saturated heterocycles. The third-order valence-corrected chi connectivity index (χ3v) is 2.26. The lowest BCUT2D eigenvalue weighted by atomic mass is 10.1. The van der Waals surface area contributed by atoms with Gasteiger partial charge in [0.05, 0.1) is 5.69 Å². The van der Waals surface area contributed by atoms with Crippen molar-refractivity contribution in [2.75, 3.05) is 0 Å². The molecule has 0 aliphatic heterocycles. The lowest BCUT2D eigenvalue weighted by Gasteiger charge is -2.02. The molecule has 0 radical (unpaired) electrons. The van der Waals surface area contributed by atoms with Gasteiger partial charge in [0.25, 0.3) is 0 Å². The molecule has 1 aromatic carbocycles. The van der Waals surface area contributed by atoms with Gasteiger partial charge in [0.15, 0.2) is 0 Å². The standard InChI is InChI=1S/C13H12N2/c1-2-3-5-12-6-8-13(9-7-12)15-11-4-10-14-15/h1,4,6-11H,3,5H2. The number of hydrogen-bond acceptors (Lipinski definition) is 1. The molecule has 1 aromatic heterocycles. The summed E-state index contributed by atoms with van der Waals surface area (Å²) in [7, 11) is 0. The average Bonchev–Trinajstić information content (AvgIpc) is 2.80. The predicted molar refractivity (Wildman–Crippen MR) is 60.7 cm³/mol. The van der Waals surface area contributed by atoms with Crippen molar-refractivity contribution in [3.8, 4) is 18.0 Å². The van der Waals surface area contributed by atoms with Gasteiger partial charge in [-0.25, -0.2) is 4.68 Å². The fourth-order valence-corrected chi connectivity index (χ4v) is 1.45. The smallest absolute Gasteiger partial charge is 0.0645 e. The van der Waals surface area contributed by atoms with E-state index in [0.29, 0.717) is 0 Å². The summed E-state index contributed by atoms with van der Waals surface area (Å²) >= 11 is 0. The van der Waals surface area contributed by atoms with E-state index in [0.717, 1.165) is 18.5 Å². The molecule has 1 heterocycles. The van der Waals surface area contributed by atoms with Gasteiger partial charge in [-0.15, -0.1) is 12.3 Å². The highest BCUT2D eigenvalue weighted by atomic mass is 15.3. The Morgan fingerprint density at radius 1 is 1.27 bits per heavy atom. The van der Waals surface area contributed by atoms with Crippen LogP contribution in [0, 0.1) is 12.3 Å². The van der Waals surface area contributed by atoms with Crippen LogP contribution in [0.25, 0.3) is 5.69 Å². The molecule has 2 aromatic rings. The Bertz CT molecular complexity index is 446. The molecule has 15 heavy (non-hydrogen) atoms. The van der Waals surface area contributed by atoms with Crippen LogP contribution in [-0.4, -0.2) is 9.78 Å². The maximum Gasteiger partial charge on any atom is 0.0645 e. The molecule has 0 N–H and O–H groups in total. The van der Waals surface area contributed by atoms with Crippen LogP contribution in [0.3, 0.4) is 0 Å². The SMILES string of the molecule is C#CCCc1ccc(-n2cccn2)cc1. The average molecular weight is 196 g/mol. The second-order valence-corrected chi connectivity index (χ2v) is 3.32. The molecule has 0 amide bonds. The second-order valence-electron chi connectivity index (χ2n) is 3.32. The Morgan fingerprint density at radius 3 is 2.67 bits per heavy atom. The highest BCUT2D eigenvalue weighted by molar-refractivity contribution is 5.33. The van der Waals surface area contributed by atoms with Crippen LogP contribution in [0.4, 0.5) is 0 Å². The van der Waals surface area contributed by atoms with E-state index >= 15 is 0 Å². The van der Waals surface area contributed by atoms with E-state index in [-0.39, 0.29) is 0 Å². The summed E-state index contributed by atoms with van der Waals surface area (Å²) < 4.78 is 1.84. The molecule has 2 heteroatoms. The van der Waals surface area contributed by atoms with Crippen molar-refractivity contribution in [2.24, 2.45) is 0 Å². The normalized spacial score (nSPS) is 9.80. The summed E-state index contributed by atoms with van der Waals surface area (Å²) in [4.78, 5) is 0. The summed E-state index contributed by atoms with van der Waals surface area (Å²) in [5, 5.41) is 4.16. The largest absolute Gasteiger partial charge is 0.241 e. The van der Waals surface area contributed by atoms with Crippen molar-refractivity contribution in [3.05, 3.63) is 48.3 Å². The molecular formula is C13H12N2. The van der Waals surface area contributed by atoms with Gasteiger partial charge in [-0.2, -0.15) is 5.10 Å². The van der Waals surface area contributed by atoms with Crippen molar-refractivity contribution >= 4 is 0 Å². The number of nitrogens with zero attached hydrogens (tertiary/aromatic N) is 2. The summed E-state index contributed by atoms with van der Waals surface area (Å²) in [6, 6.07) is 10.2. The van der Waals surface area contributed by atoms with Gasteiger partial charge in [0.1, 0.15) is 0 Å². The van der Waals surface area contributed by atoms with Gasteiger partial charge in [0, 0.05) is 18.8 Å². The lowest BCUT2D eigenvalue weighted by molar-refractivity contribution is 0.878. The van der Waals surface area contributed by atoms with Crippen LogP contribution in [0.15, 0.2) is 42.7 Å². The Balaban J connectivity index is 2.15. The maximum atomic E-state index is 5.22. The third-order valence-electron chi connectivity index (χ3n) is 2.26.